The Hall–Kier alpha value is -3.18. The molecule has 1 aliphatic heterocycles. The summed E-state index contributed by atoms with van der Waals surface area (Å²) in [4.78, 5) is 17.5. The molecule has 6 rings (SSSR count). The zero-order chi connectivity index (χ0) is 25.7. The smallest absolute Gasteiger partial charge is 0.373 e. The van der Waals surface area contributed by atoms with E-state index in [1.807, 2.05) is 10.9 Å². The van der Waals surface area contributed by atoms with E-state index in [0.717, 1.165) is 30.7 Å². The first-order valence-corrected chi connectivity index (χ1v) is 12.3. The van der Waals surface area contributed by atoms with Crippen LogP contribution in [-0.2, 0) is 11.2 Å². The fourth-order valence-electron chi connectivity index (χ4n) is 4.62. The maximum atomic E-state index is 14.9. The van der Waals surface area contributed by atoms with Crippen molar-refractivity contribution in [1.29, 1.82) is 0 Å². The Morgan fingerprint density at radius 2 is 1.92 bits per heavy atom. The third-order valence-corrected chi connectivity index (χ3v) is 6.84. The Kier molecular flexibility index (Phi) is 6.07. The second-order valence-corrected chi connectivity index (χ2v) is 9.88. The van der Waals surface area contributed by atoms with Crippen molar-refractivity contribution in [3.05, 3.63) is 64.7 Å². The van der Waals surface area contributed by atoms with Gasteiger partial charge in [0.05, 0.1) is 30.5 Å². The number of nitrogens with zero attached hydrogens (tertiary/aromatic N) is 6. The number of aromatic nitrogens is 6. The number of alkyl halides is 3. The molecule has 1 saturated carbocycles. The van der Waals surface area contributed by atoms with Crippen molar-refractivity contribution in [2.75, 3.05) is 6.61 Å². The molecule has 2 atom stereocenters. The third-order valence-electron chi connectivity index (χ3n) is 6.61. The molecule has 37 heavy (non-hydrogen) atoms. The minimum Gasteiger partial charge on any atom is -0.373 e. The van der Waals surface area contributed by atoms with Gasteiger partial charge in [0.2, 0.25) is 0 Å². The van der Waals surface area contributed by atoms with Gasteiger partial charge in [-0.2, -0.15) is 18.3 Å². The van der Waals surface area contributed by atoms with Crippen LogP contribution in [0.1, 0.15) is 60.8 Å². The second-order valence-electron chi connectivity index (χ2n) is 9.45. The number of hydrogen-bond acceptors (Lipinski definition) is 6. The van der Waals surface area contributed by atoms with Gasteiger partial charge < -0.3 is 4.74 Å². The Balaban J connectivity index is 1.40. The van der Waals surface area contributed by atoms with Gasteiger partial charge in [-0.3, -0.25) is 4.68 Å². The summed E-state index contributed by atoms with van der Waals surface area (Å²) in [6.45, 7) is 0.440. The maximum absolute atomic E-state index is 14.9. The fourth-order valence-corrected chi connectivity index (χ4v) is 4.78. The lowest BCUT2D eigenvalue weighted by Gasteiger charge is -2.28. The summed E-state index contributed by atoms with van der Waals surface area (Å²) in [6, 6.07) is 4.57. The van der Waals surface area contributed by atoms with Crippen LogP contribution >= 0.6 is 11.6 Å². The van der Waals surface area contributed by atoms with Crippen LogP contribution in [0, 0.1) is 5.82 Å². The van der Waals surface area contributed by atoms with Gasteiger partial charge in [-0.15, -0.1) is 0 Å². The first-order valence-electron chi connectivity index (χ1n) is 11.9. The summed E-state index contributed by atoms with van der Waals surface area (Å²) < 4.78 is 61.9. The van der Waals surface area contributed by atoms with E-state index in [1.165, 1.54) is 12.1 Å². The van der Waals surface area contributed by atoms with E-state index in [1.54, 1.807) is 6.20 Å². The van der Waals surface area contributed by atoms with Crippen LogP contribution in [0.5, 0.6) is 0 Å². The van der Waals surface area contributed by atoms with Crippen LogP contribution < -0.4 is 0 Å². The Labute approximate surface area is 213 Å². The zero-order valence-corrected chi connectivity index (χ0v) is 20.2. The number of rotatable bonds is 5. The predicted molar refractivity (Wildman–Crippen MR) is 126 cm³/mol. The summed E-state index contributed by atoms with van der Waals surface area (Å²) in [5.41, 5.74) is 1.05. The van der Waals surface area contributed by atoms with E-state index in [-0.39, 0.29) is 45.2 Å². The van der Waals surface area contributed by atoms with Gasteiger partial charge >= 0.3 is 6.18 Å². The molecule has 0 amide bonds. The van der Waals surface area contributed by atoms with Crippen molar-refractivity contribution < 1.29 is 22.3 Å². The average Bonchev–Trinajstić information content (AvgIpc) is 3.58. The highest BCUT2D eigenvalue weighted by atomic mass is 35.5. The SMILES string of the molecule is Fc1cc(Cl)ccc1-c1nc([C@H]2CCO[C@H](c3cnn(C4CC4)c3)C2)nc2nc(CC(F)(F)F)cnc12. The minimum atomic E-state index is -4.46. The molecule has 2 aliphatic rings. The lowest BCUT2D eigenvalue weighted by atomic mass is 9.92. The molecular formula is C25H21ClF4N6O. The highest BCUT2D eigenvalue weighted by Crippen LogP contribution is 2.40. The maximum Gasteiger partial charge on any atom is 0.394 e. The van der Waals surface area contributed by atoms with Gasteiger partial charge in [-0.25, -0.2) is 24.3 Å². The Bertz CT molecular complexity index is 1470. The topological polar surface area (TPSA) is 78.6 Å². The molecule has 0 bridgehead atoms. The van der Waals surface area contributed by atoms with Crippen LogP contribution in [0.25, 0.3) is 22.4 Å². The molecule has 0 spiro atoms. The van der Waals surface area contributed by atoms with Crippen LogP contribution in [-0.4, -0.2) is 42.5 Å². The van der Waals surface area contributed by atoms with E-state index < -0.39 is 18.4 Å². The summed E-state index contributed by atoms with van der Waals surface area (Å²) in [5, 5.41) is 4.65. The molecule has 0 unspecified atom stereocenters. The molecule has 3 aromatic heterocycles. The second kappa shape index (κ2) is 9.29. The molecular weight excluding hydrogens is 512 g/mol. The normalized spacial score (nSPS) is 20.5. The number of fused-ring (bicyclic) bond motifs is 1. The molecule has 7 nitrogen and oxygen atoms in total. The monoisotopic (exact) mass is 532 g/mol. The van der Waals surface area contributed by atoms with Crippen molar-refractivity contribution in [3.8, 4) is 11.3 Å². The fraction of sp³-hybridized carbons (Fsp3) is 0.400. The van der Waals surface area contributed by atoms with E-state index in [0.29, 0.717) is 31.3 Å². The number of ether oxygens (including phenoxy) is 1. The highest BCUT2D eigenvalue weighted by molar-refractivity contribution is 6.30. The predicted octanol–water partition coefficient (Wildman–Crippen LogP) is 6.15. The van der Waals surface area contributed by atoms with E-state index in [2.05, 4.69) is 25.0 Å². The van der Waals surface area contributed by atoms with E-state index in [4.69, 9.17) is 16.3 Å². The first-order chi connectivity index (χ1) is 17.7. The molecule has 0 N–H and O–H groups in total. The van der Waals surface area contributed by atoms with E-state index >= 15 is 0 Å². The quantitative estimate of drug-likeness (QED) is 0.287. The lowest BCUT2D eigenvalue weighted by Crippen LogP contribution is -2.21. The third kappa shape index (κ3) is 5.15. The van der Waals surface area contributed by atoms with Crippen molar-refractivity contribution in [2.45, 2.75) is 56.3 Å². The number of halogens is 5. The summed E-state index contributed by atoms with van der Waals surface area (Å²) in [5.74, 6) is -0.454. The molecule has 2 fully saturated rings. The van der Waals surface area contributed by atoms with Gasteiger partial charge in [0.1, 0.15) is 22.9 Å². The van der Waals surface area contributed by atoms with Crippen LogP contribution in [0.15, 0.2) is 36.8 Å². The average molecular weight is 533 g/mol. The lowest BCUT2D eigenvalue weighted by molar-refractivity contribution is -0.127. The number of hydrogen-bond donors (Lipinski definition) is 0. The zero-order valence-electron chi connectivity index (χ0n) is 19.4. The molecule has 1 saturated heterocycles. The van der Waals surface area contributed by atoms with Gasteiger partial charge in [0, 0.05) is 41.1 Å². The van der Waals surface area contributed by atoms with Crippen molar-refractivity contribution in [3.63, 3.8) is 0 Å². The molecule has 0 radical (unpaired) electrons. The summed E-state index contributed by atoms with van der Waals surface area (Å²) in [7, 11) is 0. The first kappa shape index (κ1) is 24.2. The van der Waals surface area contributed by atoms with E-state index in [9.17, 15) is 17.6 Å². The number of benzene rings is 1. The van der Waals surface area contributed by atoms with Crippen LogP contribution in [0.4, 0.5) is 17.6 Å². The van der Waals surface area contributed by atoms with Crippen molar-refractivity contribution in [1.82, 2.24) is 29.7 Å². The van der Waals surface area contributed by atoms with Crippen LogP contribution in [0.3, 0.4) is 0 Å². The summed E-state index contributed by atoms with van der Waals surface area (Å²) >= 11 is 5.93. The van der Waals surface area contributed by atoms with Crippen LogP contribution in [0.2, 0.25) is 5.02 Å². The molecule has 4 aromatic rings. The van der Waals surface area contributed by atoms with Gasteiger partial charge in [-0.05, 0) is 43.9 Å². The van der Waals surface area contributed by atoms with Gasteiger partial charge in [-0.1, -0.05) is 11.6 Å². The molecule has 1 aromatic carbocycles. The summed E-state index contributed by atoms with van der Waals surface area (Å²) in [6.07, 6.45) is 2.25. The minimum absolute atomic E-state index is 0.0132. The molecule has 4 heterocycles. The van der Waals surface area contributed by atoms with Crippen molar-refractivity contribution in [2.24, 2.45) is 0 Å². The standard InChI is InChI=1S/C25H21ClF4N6O/c26-15-1-4-18(19(27)8-15)21-22-24(33-16(11-31-22)9-25(28,29)30)35-23(34-21)13-5-6-37-20(7-13)14-10-32-36(12-14)17-2-3-17/h1,4,8,10-13,17,20H,2-3,5-7,9H2/t13-,20-/m0/s1. The Morgan fingerprint density at radius 1 is 1.08 bits per heavy atom. The molecule has 192 valence electrons. The molecule has 12 heteroatoms. The highest BCUT2D eigenvalue weighted by Gasteiger charge is 2.32. The largest absolute Gasteiger partial charge is 0.394 e. The molecule has 1 aliphatic carbocycles. The Morgan fingerprint density at radius 3 is 2.68 bits per heavy atom. The van der Waals surface area contributed by atoms with Gasteiger partial charge in [0.25, 0.3) is 0 Å². The van der Waals surface area contributed by atoms with Crippen molar-refractivity contribution >= 4 is 22.8 Å². The van der Waals surface area contributed by atoms with Gasteiger partial charge in [0.15, 0.2) is 5.65 Å².